The van der Waals surface area contributed by atoms with E-state index in [1.807, 2.05) is 12.1 Å². The number of hydrogen-bond donors (Lipinski definition) is 2. The first-order valence-electron chi connectivity index (χ1n) is 6.69. The SMILES string of the molecule is CCCC(CCO)CNCc1ccc(CC)o1. The Labute approximate surface area is 104 Å². The number of nitrogens with one attached hydrogen (secondary N) is 1. The molecule has 1 aromatic rings. The fraction of sp³-hybridized carbons (Fsp3) is 0.714. The summed E-state index contributed by atoms with van der Waals surface area (Å²) in [6.45, 7) is 6.30. The maximum Gasteiger partial charge on any atom is 0.117 e. The van der Waals surface area contributed by atoms with Crippen LogP contribution in [0.5, 0.6) is 0 Å². The maximum absolute atomic E-state index is 8.97. The van der Waals surface area contributed by atoms with Crippen LogP contribution in [0.3, 0.4) is 0 Å². The Morgan fingerprint density at radius 1 is 1.24 bits per heavy atom. The van der Waals surface area contributed by atoms with Gasteiger partial charge in [0.2, 0.25) is 0 Å². The molecule has 0 spiro atoms. The normalized spacial score (nSPS) is 12.9. The molecule has 98 valence electrons. The second-order valence-electron chi connectivity index (χ2n) is 4.52. The summed E-state index contributed by atoms with van der Waals surface area (Å²) in [6.07, 6.45) is 4.18. The van der Waals surface area contributed by atoms with Crippen molar-refractivity contribution < 1.29 is 9.52 Å². The Morgan fingerprint density at radius 2 is 2.00 bits per heavy atom. The maximum atomic E-state index is 8.97. The van der Waals surface area contributed by atoms with E-state index in [9.17, 15) is 0 Å². The van der Waals surface area contributed by atoms with Crippen LogP contribution in [0.1, 0.15) is 44.6 Å². The number of aliphatic hydroxyl groups excluding tert-OH is 1. The van der Waals surface area contributed by atoms with E-state index in [4.69, 9.17) is 9.52 Å². The summed E-state index contributed by atoms with van der Waals surface area (Å²) in [5, 5.41) is 12.4. The Balaban J connectivity index is 2.24. The van der Waals surface area contributed by atoms with E-state index in [2.05, 4.69) is 19.2 Å². The highest BCUT2D eigenvalue weighted by Crippen LogP contribution is 2.11. The quantitative estimate of drug-likeness (QED) is 0.696. The zero-order valence-electron chi connectivity index (χ0n) is 11.0. The fourth-order valence-electron chi connectivity index (χ4n) is 2.05. The minimum atomic E-state index is 0.285. The van der Waals surface area contributed by atoms with Gasteiger partial charge in [-0.3, -0.25) is 0 Å². The fourth-order valence-corrected chi connectivity index (χ4v) is 2.05. The molecule has 0 aromatic carbocycles. The molecule has 0 bridgehead atoms. The van der Waals surface area contributed by atoms with Crippen molar-refractivity contribution in [3.8, 4) is 0 Å². The van der Waals surface area contributed by atoms with Crippen LogP contribution in [0, 0.1) is 5.92 Å². The third-order valence-corrected chi connectivity index (χ3v) is 3.03. The number of furan rings is 1. The van der Waals surface area contributed by atoms with Gasteiger partial charge in [0.25, 0.3) is 0 Å². The highest BCUT2D eigenvalue weighted by Gasteiger charge is 2.07. The van der Waals surface area contributed by atoms with Crippen molar-refractivity contribution in [2.24, 2.45) is 5.92 Å². The molecule has 3 nitrogen and oxygen atoms in total. The summed E-state index contributed by atoms with van der Waals surface area (Å²) in [6, 6.07) is 4.07. The summed E-state index contributed by atoms with van der Waals surface area (Å²) in [5.41, 5.74) is 0. The summed E-state index contributed by atoms with van der Waals surface area (Å²) < 4.78 is 5.62. The Bertz CT molecular complexity index is 290. The number of hydrogen-bond acceptors (Lipinski definition) is 3. The molecule has 0 saturated carbocycles. The van der Waals surface area contributed by atoms with Gasteiger partial charge < -0.3 is 14.8 Å². The topological polar surface area (TPSA) is 45.4 Å². The lowest BCUT2D eigenvalue weighted by Gasteiger charge is -2.14. The van der Waals surface area contributed by atoms with E-state index in [0.717, 1.165) is 37.5 Å². The summed E-state index contributed by atoms with van der Waals surface area (Å²) in [7, 11) is 0. The minimum Gasteiger partial charge on any atom is -0.465 e. The van der Waals surface area contributed by atoms with Gasteiger partial charge in [-0.2, -0.15) is 0 Å². The zero-order chi connectivity index (χ0) is 12.5. The molecule has 0 aliphatic rings. The summed E-state index contributed by atoms with van der Waals surface area (Å²) >= 11 is 0. The van der Waals surface area contributed by atoms with Crippen molar-refractivity contribution in [2.45, 2.75) is 46.1 Å². The average molecular weight is 239 g/mol. The van der Waals surface area contributed by atoms with E-state index in [1.165, 1.54) is 12.8 Å². The Kier molecular flexibility index (Phi) is 6.97. The molecule has 0 aliphatic carbocycles. The van der Waals surface area contributed by atoms with Crippen molar-refractivity contribution in [2.75, 3.05) is 13.2 Å². The lowest BCUT2D eigenvalue weighted by atomic mass is 10.0. The Morgan fingerprint density at radius 3 is 2.59 bits per heavy atom. The van der Waals surface area contributed by atoms with Gasteiger partial charge in [0.15, 0.2) is 0 Å². The zero-order valence-corrected chi connectivity index (χ0v) is 11.0. The van der Waals surface area contributed by atoms with Gasteiger partial charge >= 0.3 is 0 Å². The van der Waals surface area contributed by atoms with Crippen LogP contribution in [0.2, 0.25) is 0 Å². The Hall–Kier alpha value is -0.800. The monoisotopic (exact) mass is 239 g/mol. The van der Waals surface area contributed by atoms with Crippen LogP contribution in [-0.2, 0) is 13.0 Å². The molecule has 0 aliphatic heterocycles. The smallest absolute Gasteiger partial charge is 0.117 e. The second-order valence-corrected chi connectivity index (χ2v) is 4.52. The number of aryl methyl sites for hydroxylation is 1. The van der Waals surface area contributed by atoms with Crippen molar-refractivity contribution in [1.29, 1.82) is 0 Å². The van der Waals surface area contributed by atoms with E-state index in [0.29, 0.717) is 5.92 Å². The van der Waals surface area contributed by atoms with Gasteiger partial charge in [0.1, 0.15) is 11.5 Å². The van der Waals surface area contributed by atoms with Crippen molar-refractivity contribution >= 4 is 0 Å². The number of rotatable bonds is 9. The third kappa shape index (κ3) is 5.37. The molecule has 1 aromatic heterocycles. The molecule has 0 radical (unpaired) electrons. The third-order valence-electron chi connectivity index (χ3n) is 3.03. The van der Waals surface area contributed by atoms with E-state index in [-0.39, 0.29) is 6.61 Å². The molecular weight excluding hydrogens is 214 g/mol. The second kappa shape index (κ2) is 8.31. The average Bonchev–Trinajstić information content (AvgIpc) is 2.77. The van der Waals surface area contributed by atoms with Gasteiger partial charge in [-0.1, -0.05) is 20.3 Å². The number of aliphatic hydroxyl groups is 1. The minimum absolute atomic E-state index is 0.285. The predicted octanol–water partition coefficient (Wildman–Crippen LogP) is 2.73. The molecule has 0 amide bonds. The van der Waals surface area contributed by atoms with Crippen LogP contribution in [0.15, 0.2) is 16.5 Å². The summed E-state index contributed by atoms with van der Waals surface area (Å²) in [4.78, 5) is 0. The van der Waals surface area contributed by atoms with Crippen LogP contribution >= 0.6 is 0 Å². The molecule has 1 unspecified atom stereocenters. The van der Waals surface area contributed by atoms with Gasteiger partial charge in [-0.25, -0.2) is 0 Å². The van der Waals surface area contributed by atoms with Crippen LogP contribution in [0.25, 0.3) is 0 Å². The molecule has 1 heterocycles. The van der Waals surface area contributed by atoms with Crippen LogP contribution < -0.4 is 5.32 Å². The molecule has 0 saturated heterocycles. The van der Waals surface area contributed by atoms with Crippen LogP contribution in [-0.4, -0.2) is 18.3 Å². The van der Waals surface area contributed by atoms with E-state index < -0.39 is 0 Å². The van der Waals surface area contributed by atoms with Gasteiger partial charge in [0, 0.05) is 13.0 Å². The largest absolute Gasteiger partial charge is 0.465 e. The molecule has 0 fully saturated rings. The molecule has 1 atom stereocenters. The van der Waals surface area contributed by atoms with Gasteiger partial charge in [-0.15, -0.1) is 0 Å². The van der Waals surface area contributed by atoms with Crippen molar-refractivity contribution in [3.05, 3.63) is 23.7 Å². The van der Waals surface area contributed by atoms with E-state index >= 15 is 0 Å². The first-order chi connectivity index (χ1) is 8.30. The molecule has 2 N–H and O–H groups in total. The molecule has 1 rings (SSSR count). The first-order valence-corrected chi connectivity index (χ1v) is 6.69. The lowest BCUT2D eigenvalue weighted by molar-refractivity contribution is 0.247. The summed E-state index contributed by atoms with van der Waals surface area (Å²) in [5.74, 6) is 2.62. The highest BCUT2D eigenvalue weighted by molar-refractivity contribution is 5.06. The van der Waals surface area contributed by atoms with E-state index in [1.54, 1.807) is 0 Å². The molecular formula is C14H25NO2. The van der Waals surface area contributed by atoms with Gasteiger partial charge in [-0.05, 0) is 37.4 Å². The first kappa shape index (κ1) is 14.3. The van der Waals surface area contributed by atoms with Crippen molar-refractivity contribution in [3.63, 3.8) is 0 Å². The van der Waals surface area contributed by atoms with Gasteiger partial charge in [0.05, 0.1) is 6.54 Å². The standard InChI is InChI=1S/C14H25NO2/c1-3-5-12(8-9-16)10-15-11-14-7-6-13(4-2)17-14/h6-7,12,15-16H,3-5,8-11H2,1-2H3. The molecule has 17 heavy (non-hydrogen) atoms. The predicted molar refractivity (Wildman–Crippen MR) is 69.9 cm³/mol. The highest BCUT2D eigenvalue weighted by atomic mass is 16.3. The van der Waals surface area contributed by atoms with Crippen LogP contribution in [0.4, 0.5) is 0 Å². The molecule has 3 heteroatoms. The lowest BCUT2D eigenvalue weighted by Crippen LogP contribution is -2.23. The van der Waals surface area contributed by atoms with Crippen molar-refractivity contribution in [1.82, 2.24) is 5.32 Å².